The number of aryl methyl sites for hydroxylation is 1. The third kappa shape index (κ3) is 3.45. The lowest BCUT2D eigenvalue weighted by molar-refractivity contribution is -0.384. The van der Waals surface area contributed by atoms with Crippen LogP contribution in [0.5, 0.6) is 0 Å². The second kappa shape index (κ2) is 6.34. The molecule has 1 aromatic carbocycles. The SMILES string of the molecule is CCc1ccc(CNC(C)c2cccc([N+](=O)[O-])c2)o1. The van der Waals surface area contributed by atoms with Gasteiger partial charge in [0.25, 0.3) is 5.69 Å². The van der Waals surface area contributed by atoms with E-state index in [9.17, 15) is 10.1 Å². The van der Waals surface area contributed by atoms with Crippen LogP contribution in [-0.4, -0.2) is 4.92 Å². The molecule has 5 heteroatoms. The van der Waals surface area contributed by atoms with Gasteiger partial charge in [0.1, 0.15) is 11.5 Å². The van der Waals surface area contributed by atoms with Crippen LogP contribution in [0, 0.1) is 10.1 Å². The Morgan fingerprint density at radius 2 is 2.05 bits per heavy atom. The van der Waals surface area contributed by atoms with Crippen molar-refractivity contribution >= 4 is 5.69 Å². The topological polar surface area (TPSA) is 68.3 Å². The van der Waals surface area contributed by atoms with Gasteiger partial charge in [-0.25, -0.2) is 0 Å². The highest BCUT2D eigenvalue weighted by atomic mass is 16.6. The molecule has 0 aliphatic carbocycles. The third-order valence-electron chi connectivity index (χ3n) is 3.23. The predicted molar refractivity (Wildman–Crippen MR) is 76.4 cm³/mol. The summed E-state index contributed by atoms with van der Waals surface area (Å²) in [5, 5.41) is 14.1. The molecule has 0 bridgehead atoms. The van der Waals surface area contributed by atoms with Crippen molar-refractivity contribution in [3.05, 3.63) is 63.6 Å². The zero-order valence-electron chi connectivity index (χ0n) is 11.6. The van der Waals surface area contributed by atoms with Crippen LogP contribution in [0.15, 0.2) is 40.8 Å². The van der Waals surface area contributed by atoms with Gasteiger partial charge in [-0.05, 0) is 24.6 Å². The van der Waals surface area contributed by atoms with Crippen molar-refractivity contribution in [1.29, 1.82) is 0 Å². The van der Waals surface area contributed by atoms with Gasteiger partial charge < -0.3 is 9.73 Å². The molecule has 0 fully saturated rings. The first-order valence-electron chi connectivity index (χ1n) is 6.65. The lowest BCUT2D eigenvalue weighted by Crippen LogP contribution is -2.17. The molecule has 1 atom stereocenters. The molecule has 0 saturated carbocycles. The molecular weight excluding hydrogens is 256 g/mol. The molecule has 1 aromatic heterocycles. The van der Waals surface area contributed by atoms with Crippen molar-refractivity contribution in [3.63, 3.8) is 0 Å². The fourth-order valence-corrected chi connectivity index (χ4v) is 1.99. The monoisotopic (exact) mass is 274 g/mol. The van der Waals surface area contributed by atoms with E-state index in [1.807, 2.05) is 32.0 Å². The highest BCUT2D eigenvalue weighted by Gasteiger charge is 2.11. The number of nitrogens with one attached hydrogen (secondary N) is 1. The molecule has 5 nitrogen and oxygen atoms in total. The van der Waals surface area contributed by atoms with Crippen LogP contribution >= 0.6 is 0 Å². The Kier molecular flexibility index (Phi) is 4.53. The van der Waals surface area contributed by atoms with Crippen LogP contribution in [0.4, 0.5) is 5.69 Å². The Hall–Kier alpha value is -2.14. The van der Waals surface area contributed by atoms with Crippen molar-refractivity contribution in [2.75, 3.05) is 0 Å². The van der Waals surface area contributed by atoms with Crippen LogP contribution in [0.3, 0.4) is 0 Å². The van der Waals surface area contributed by atoms with E-state index in [0.717, 1.165) is 23.5 Å². The Labute approximate surface area is 117 Å². The molecule has 1 N–H and O–H groups in total. The Morgan fingerprint density at radius 3 is 2.70 bits per heavy atom. The van der Waals surface area contributed by atoms with Gasteiger partial charge in [0.2, 0.25) is 0 Å². The van der Waals surface area contributed by atoms with E-state index >= 15 is 0 Å². The fourth-order valence-electron chi connectivity index (χ4n) is 1.99. The summed E-state index contributed by atoms with van der Waals surface area (Å²) in [5.74, 6) is 1.84. The van der Waals surface area contributed by atoms with Crippen LogP contribution in [0.25, 0.3) is 0 Å². The summed E-state index contributed by atoms with van der Waals surface area (Å²) in [6.45, 7) is 4.62. The second-order valence-corrected chi connectivity index (χ2v) is 4.68. The van der Waals surface area contributed by atoms with E-state index < -0.39 is 0 Å². The molecule has 20 heavy (non-hydrogen) atoms. The number of nitro benzene ring substituents is 1. The number of rotatable bonds is 6. The summed E-state index contributed by atoms with van der Waals surface area (Å²) in [5.41, 5.74) is 1.00. The van der Waals surface area contributed by atoms with Crippen molar-refractivity contribution in [2.45, 2.75) is 32.9 Å². The maximum Gasteiger partial charge on any atom is 0.269 e. The van der Waals surface area contributed by atoms with Crippen LogP contribution in [0.1, 0.15) is 37.0 Å². The lowest BCUT2D eigenvalue weighted by Gasteiger charge is -2.13. The summed E-state index contributed by atoms with van der Waals surface area (Å²) in [7, 11) is 0. The average Bonchev–Trinajstić information content (AvgIpc) is 2.93. The molecule has 2 aromatic rings. The molecule has 1 unspecified atom stereocenters. The minimum absolute atomic E-state index is 0.0186. The lowest BCUT2D eigenvalue weighted by atomic mass is 10.1. The second-order valence-electron chi connectivity index (χ2n) is 4.68. The van der Waals surface area contributed by atoms with Gasteiger partial charge in [-0.1, -0.05) is 19.1 Å². The van der Waals surface area contributed by atoms with E-state index in [0.29, 0.717) is 6.54 Å². The summed E-state index contributed by atoms with van der Waals surface area (Å²) < 4.78 is 5.61. The number of benzene rings is 1. The number of hydrogen-bond donors (Lipinski definition) is 1. The van der Waals surface area contributed by atoms with Crippen LogP contribution in [0.2, 0.25) is 0 Å². The van der Waals surface area contributed by atoms with E-state index in [1.165, 1.54) is 6.07 Å². The van der Waals surface area contributed by atoms with Crippen molar-refractivity contribution in [1.82, 2.24) is 5.32 Å². The van der Waals surface area contributed by atoms with Gasteiger partial charge in [0.15, 0.2) is 0 Å². The summed E-state index contributed by atoms with van der Waals surface area (Å²) in [4.78, 5) is 10.4. The van der Waals surface area contributed by atoms with Crippen molar-refractivity contribution in [2.24, 2.45) is 0 Å². The normalized spacial score (nSPS) is 12.3. The van der Waals surface area contributed by atoms with Crippen LogP contribution < -0.4 is 5.32 Å². The summed E-state index contributed by atoms with van der Waals surface area (Å²) in [6.07, 6.45) is 0.875. The first-order valence-corrected chi connectivity index (χ1v) is 6.65. The molecule has 0 saturated heterocycles. The summed E-state index contributed by atoms with van der Waals surface area (Å²) >= 11 is 0. The van der Waals surface area contributed by atoms with E-state index in [-0.39, 0.29) is 16.7 Å². The number of hydrogen-bond acceptors (Lipinski definition) is 4. The smallest absolute Gasteiger partial charge is 0.269 e. The number of furan rings is 1. The maximum absolute atomic E-state index is 10.8. The van der Waals surface area contributed by atoms with Gasteiger partial charge in [-0.15, -0.1) is 0 Å². The minimum Gasteiger partial charge on any atom is -0.465 e. The van der Waals surface area contributed by atoms with E-state index in [2.05, 4.69) is 5.32 Å². The Bertz CT molecular complexity index is 592. The molecule has 0 radical (unpaired) electrons. The van der Waals surface area contributed by atoms with Gasteiger partial charge in [-0.3, -0.25) is 10.1 Å². The molecule has 0 spiro atoms. The minimum atomic E-state index is -0.379. The predicted octanol–water partition coefficient (Wildman–Crippen LogP) is 3.60. The third-order valence-corrected chi connectivity index (χ3v) is 3.23. The first kappa shape index (κ1) is 14.3. The molecule has 0 amide bonds. The van der Waals surface area contributed by atoms with Gasteiger partial charge in [0.05, 0.1) is 11.5 Å². The molecule has 0 aliphatic rings. The standard InChI is InChI=1S/C15H18N2O3/c1-3-14-7-8-15(20-14)10-16-11(2)12-5-4-6-13(9-12)17(18)19/h4-9,11,16H,3,10H2,1-2H3. The highest BCUT2D eigenvalue weighted by molar-refractivity contribution is 5.35. The number of nitrogens with zero attached hydrogens (tertiary/aromatic N) is 1. The molecule has 106 valence electrons. The van der Waals surface area contributed by atoms with Gasteiger partial charge in [0, 0.05) is 24.6 Å². The maximum atomic E-state index is 10.8. The van der Waals surface area contributed by atoms with Gasteiger partial charge in [-0.2, -0.15) is 0 Å². The van der Waals surface area contributed by atoms with E-state index in [1.54, 1.807) is 12.1 Å². The zero-order chi connectivity index (χ0) is 14.5. The highest BCUT2D eigenvalue weighted by Crippen LogP contribution is 2.19. The fraction of sp³-hybridized carbons (Fsp3) is 0.333. The molecule has 2 rings (SSSR count). The van der Waals surface area contributed by atoms with Crippen molar-refractivity contribution in [3.8, 4) is 0 Å². The number of nitro groups is 1. The molecule has 0 aliphatic heterocycles. The Balaban J connectivity index is 1.99. The summed E-state index contributed by atoms with van der Waals surface area (Å²) in [6, 6.07) is 10.6. The Morgan fingerprint density at radius 1 is 1.30 bits per heavy atom. The number of non-ortho nitro benzene ring substituents is 1. The molecular formula is C15H18N2O3. The molecule has 1 heterocycles. The van der Waals surface area contributed by atoms with Crippen LogP contribution in [-0.2, 0) is 13.0 Å². The quantitative estimate of drug-likeness (QED) is 0.645. The average molecular weight is 274 g/mol. The zero-order valence-corrected chi connectivity index (χ0v) is 11.6. The van der Waals surface area contributed by atoms with E-state index in [4.69, 9.17) is 4.42 Å². The van der Waals surface area contributed by atoms with Crippen molar-refractivity contribution < 1.29 is 9.34 Å². The largest absolute Gasteiger partial charge is 0.465 e. The first-order chi connectivity index (χ1) is 9.60. The van der Waals surface area contributed by atoms with Gasteiger partial charge >= 0.3 is 0 Å².